The van der Waals surface area contributed by atoms with E-state index in [4.69, 9.17) is 9.47 Å². The Balaban J connectivity index is 0.00000676. The number of carbonyl (C=O) groups is 3. The average Bonchev–Trinajstić information content (AvgIpc) is 2.91. The van der Waals surface area contributed by atoms with E-state index in [0.717, 1.165) is 0 Å². The van der Waals surface area contributed by atoms with Crippen molar-refractivity contribution in [2.75, 3.05) is 6.61 Å². The Kier molecular flexibility index (Phi) is 8.47. The van der Waals surface area contributed by atoms with Gasteiger partial charge in [-0.25, -0.2) is 0 Å². The van der Waals surface area contributed by atoms with Gasteiger partial charge in [0, 0.05) is 11.8 Å². The van der Waals surface area contributed by atoms with Crippen LogP contribution in [0.15, 0.2) is 0 Å². The molecule has 0 aromatic heterocycles. The summed E-state index contributed by atoms with van der Waals surface area (Å²) in [6.45, 7) is 8.90. The molecule has 1 aliphatic rings. The molecule has 1 saturated heterocycles. The first-order valence-corrected chi connectivity index (χ1v) is 8.47. The minimum Gasteiger partial charge on any atom is -0.481 e. The van der Waals surface area contributed by atoms with Crippen LogP contribution in [0.5, 0.6) is 0 Å². The van der Waals surface area contributed by atoms with Gasteiger partial charge in [-0.2, -0.15) is 5.26 Å². The molecule has 0 aromatic carbocycles. The number of carbonyl (C=O) groups excluding carboxylic acids is 1. The highest BCUT2D eigenvalue weighted by Gasteiger charge is 2.60. The summed E-state index contributed by atoms with van der Waals surface area (Å²) in [5.41, 5.74) is -2.80. The zero-order valence-electron chi connectivity index (χ0n) is 16.4. The monoisotopic (exact) mass is 449 g/mol. The molecule has 1 heterocycles. The van der Waals surface area contributed by atoms with Gasteiger partial charge in [-0.3, -0.25) is 14.4 Å². The molecule has 0 amide bonds. The molecule has 27 heavy (non-hydrogen) atoms. The maximum Gasteiger partial charge on any atom is 0.309 e. The standard InChI is InChI=1S/C18H27NO7.BrH/c1-9(2)14(20)25-8-11-13(18(5,6)16(23)24)12(10(7-19)26-11)17(3,4)15(21)22;/h9-13H,8H2,1-6H3,(H,21,22)(H,23,24);1H/t10?,11-,12?,13?;/m1./s1. The number of hydrogen-bond acceptors (Lipinski definition) is 6. The lowest BCUT2D eigenvalue weighted by molar-refractivity contribution is -0.161. The van der Waals surface area contributed by atoms with Crippen LogP contribution < -0.4 is 0 Å². The highest BCUT2D eigenvalue weighted by Crippen LogP contribution is 2.51. The normalized spacial score (nSPS) is 25.4. The number of ether oxygens (including phenoxy) is 2. The number of carboxylic acid groups (broad SMARTS) is 2. The van der Waals surface area contributed by atoms with Crippen molar-refractivity contribution in [3.63, 3.8) is 0 Å². The fourth-order valence-electron chi connectivity index (χ4n) is 3.39. The number of esters is 1. The summed E-state index contributed by atoms with van der Waals surface area (Å²) in [4.78, 5) is 35.4. The van der Waals surface area contributed by atoms with Gasteiger partial charge in [0.1, 0.15) is 12.7 Å². The van der Waals surface area contributed by atoms with Gasteiger partial charge >= 0.3 is 17.9 Å². The first-order valence-electron chi connectivity index (χ1n) is 8.47. The van der Waals surface area contributed by atoms with Crippen LogP contribution in [0.4, 0.5) is 0 Å². The zero-order valence-corrected chi connectivity index (χ0v) is 18.1. The van der Waals surface area contributed by atoms with Gasteiger partial charge < -0.3 is 19.7 Å². The molecule has 9 heteroatoms. The number of halogens is 1. The quantitative estimate of drug-likeness (QED) is 0.565. The highest BCUT2D eigenvalue weighted by atomic mass is 79.9. The number of nitriles is 1. The van der Waals surface area contributed by atoms with E-state index in [-0.39, 0.29) is 29.5 Å². The predicted octanol–water partition coefficient (Wildman–Crippen LogP) is 2.51. The van der Waals surface area contributed by atoms with Crippen molar-refractivity contribution < 1.29 is 34.1 Å². The molecule has 0 bridgehead atoms. The molecule has 0 spiro atoms. The van der Waals surface area contributed by atoms with Gasteiger partial charge in [0.2, 0.25) is 0 Å². The summed E-state index contributed by atoms with van der Waals surface area (Å²) in [6.07, 6.45) is -2.01. The van der Waals surface area contributed by atoms with Crippen LogP contribution >= 0.6 is 17.0 Å². The summed E-state index contributed by atoms with van der Waals surface area (Å²) < 4.78 is 10.9. The molecule has 1 fully saturated rings. The molecule has 3 unspecified atom stereocenters. The molecule has 1 rings (SSSR count). The van der Waals surface area contributed by atoms with Gasteiger partial charge in [-0.05, 0) is 27.7 Å². The minimum atomic E-state index is -1.41. The Morgan fingerprint density at radius 1 is 1.07 bits per heavy atom. The first-order chi connectivity index (χ1) is 11.8. The average molecular weight is 450 g/mol. The SMILES string of the molecule is Br.CC(C)C(=O)OC[C@H]1OC(C#N)C(C(C)(C)C(=O)O)C1C(C)(C)C(=O)O. The van der Waals surface area contributed by atoms with Crippen LogP contribution in [0.3, 0.4) is 0 Å². The lowest BCUT2D eigenvalue weighted by Gasteiger charge is -2.39. The lowest BCUT2D eigenvalue weighted by Crippen LogP contribution is -2.49. The molecule has 4 atom stereocenters. The van der Waals surface area contributed by atoms with Gasteiger partial charge in [0.25, 0.3) is 0 Å². The third-order valence-electron chi connectivity index (χ3n) is 5.19. The second kappa shape index (κ2) is 9.02. The summed E-state index contributed by atoms with van der Waals surface area (Å²) in [5, 5.41) is 28.8. The molecular formula is C18H28BrNO7. The second-order valence-corrected chi connectivity index (χ2v) is 8.11. The number of rotatable bonds is 7. The van der Waals surface area contributed by atoms with Crippen LogP contribution in [0.2, 0.25) is 0 Å². The first kappa shape index (κ1) is 25.3. The fraction of sp³-hybridized carbons (Fsp3) is 0.778. The minimum absolute atomic E-state index is 0. The predicted molar refractivity (Wildman–Crippen MR) is 100 cm³/mol. The number of hydrogen-bond donors (Lipinski definition) is 2. The number of nitrogens with zero attached hydrogens (tertiary/aromatic N) is 1. The topological polar surface area (TPSA) is 134 Å². The van der Waals surface area contributed by atoms with Crippen LogP contribution in [-0.4, -0.2) is 46.9 Å². The van der Waals surface area contributed by atoms with Crippen molar-refractivity contribution in [3.05, 3.63) is 0 Å². The maximum atomic E-state index is 11.8. The Hall–Kier alpha value is -1.66. The molecular weight excluding hydrogens is 422 g/mol. The van der Waals surface area contributed by atoms with Crippen molar-refractivity contribution >= 4 is 34.9 Å². The molecule has 154 valence electrons. The smallest absolute Gasteiger partial charge is 0.309 e. The number of aliphatic carboxylic acids is 2. The van der Waals surface area contributed by atoms with E-state index < -0.39 is 52.8 Å². The van der Waals surface area contributed by atoms with E-state index in [1.807, 2.05) is 6.07 Å². The Labute approximate surface area is 169 Å². The van der Waals surface area contributed by atoms with E-state index in [0.29, 0.717) is 0 Å². The van der Waals surface area contributed by atoms with Crippen molar-refractivity contribution in [2.24, 2.45) is 28.6 Å². The van der Waals surface area contributed by atoms with E-state index >= 15 is 0 Å². The maximum absolute atomic E-state index is 11.8. The summed E-state index contributed by atoms with van der Waals surface area (Å²) in [5.74, 6) is -4.88. The van der Waals surface area contributed by atoms with Gasteiger partial charge in [-0.1, -0.05) is 13.8 Å². The van der Waals surface area contributed by atoms with Crippen LogP contribution in [-0.2, 0) is 23.9 Å². The molecule has 2 N–H and O–H groups in total. The van der Waals surface area contributed by atoms with E-state index in [2.05, 4.69) is 0 Å². The lowest BCUT2D eigenvalue weighted by atomic mass is 9.61. The molecule has 8 nitrogen and oxygen atoms in total. The summed E-state index contributed by atoms with van der Waals surface area (Å²) in [7, 11) is 0. The van der Waals surface area contributed by atoms with Crippen molar-refractivity contribution in [1.82, 2.24) is 0 Å². The van der Waals surface area contributed by atoms with E-state index in [1.54, 1.807) is 13.8 Å². The van der Waals surface area contributed by atoms with Crippen molar-refractivity contribution in [2.45, 2.75) is 53.8 Å². The van der Waals surface area contributed by atoms with Gasteiger partial charge in [-0.15, -0.1) is 17.0 Å². The fourth-order valence-corrected chi connectivity index (χ4v) is 3.39. The summed E-state index contributed by atoms with van der Waals surface area (Å²) >= 11 is 0. The molecule has 0 aromatic rings. The van der Waals surface area contributed by atoms with Gasteiger partial charge in [0.15, 0.2) is 0 Å². The molecule has 0 radical (unpaired) electrons. The van der Waals surface area contributed by atoms with Crippen LogP contribution in [0, 0.1) is 39.9 Å². The van der Waals surface area contributed by atoms with Gasteiger partial charge in [0.05, 0.1) is 28.9 Å². The third-order valence-corrected chi connectivity index (χ3v) is 5.19. The van der Waals surface area contributed by atoms with E-state index in [9.17, 15) is 29.9 Å². The number of carboxylic acids is 2. The third kappa shape index (κ3) is 4.99. The molecule has 0 saturated carbocycles. The zero-order chi connectivity index (χ0) is 20.4. The van der Waals surface area contributed by atoms with Crippen molar-refractivity contribution in [1.29, 1.82) is 5.26 Å². The Morgan fingerprint density at radius 3 is 1.89 bits per heavy atom. The Morgan fingerprint density at radius 2 is 1.52 bits per heavy atom. The highest BCUT2D eigenvalue weighted by molar-refractivity contribution is 8.93. The molecule has 1 aliphatic heterocycles. The Bertz CT molecular complexity index is 624. The van der Waals surface area contributed by atoms with Crippen LogP contribution in [0.1, 0.15) is 41.5 Å². The van der Waals surface area contributed by atoms with E-state index in [1.165, 1.54) is 27.7 Å². The van der Waals surface area contributed by atoms with Crippen LogP contribution in [0.25, 0.3) is 0 Å². The largest absolute Gasteiger partial charge is 0.481 e. The van der Waals surface area contributed by atoms with Crippen molar-refractivity contribution in [3.8, 4) is 6.07 Å². The summed E-state index contributed by atoms with van der Waals surface area (Å²) in [6, 6.07) is 1.94. The molecule has 0 aliphatic carbocycles. The second-order valence-electron chi connectivity index (χ2n) is 8.11.